The molecule has 0 amide bonds. The molecule has 5 nitrogen and oxygen atoms in total. The van der Waals surface area contributed by atoms with Crippen LogP contribution in [0.1, 0.15) is 58.4 Å². The predicted molar refractivity (Wildman–Crippen MR) is 112 cm³/mol. The summed E-state index contributed by atoms with van der Waals surface area (Å²) in [6.45, 7) is 6.57. The second-order valence-electron chi connectivity index (χ2n) is 8.81. The van der Waals surface area contributed by atoms with Gasteiger partial charge in [0.15, 0.2) is 0 Å². The summed E-state index contributed by atoms with van der Waals surface area (Å²) < 4.78 is 11.7. The number of hydrogen-bond acceptors (Lipinski definition) is 5. The fourth-order valence-corrected chi connectivity index (χ4v) is 3.64. The molecule has 1 aliphatic rings. The molecule has 1 aromatic carbocycles. The summed E-state index contributed by atoms with van der Waals surface area (Å²) in [7, 11) is 0. The molecule has 0 spiro atoms. The molecule has 1 saturated carbocycles. The highest BCUT2D eigenvalue weighted by Crippen LogP contribution is 2.27. The highest BCUT2D eigenvalue weighted by molar-refractivity contribution is 5.89. The minimum Gasteiger partial charge on any atom is -0.492 e. The molecule has 0 radical (unpaired) electrons. The van der Waals surface area contributed by atoms with Crippen LogP contribution in [0.3, 0.4) is 0 Å². The summed E-state index contributed by atoms with van der Waals surface area (Å²) in [5.74, 6) is 1.12. The summed E-state index contributed by atoms with van der Waals surface area (Å²) in [6.07, 6.45) is 9.13. The molecule has 152 valence electrons. The van der Waals surface area contributed by atoms with Crippen molar-refractivity contribution in [3.8, 4) is 5.75 Å². The number of benzene rings is 1. The largest absolute Gasteiger partial charge is 0.492 e. The second kappa shape index (κ2) is 8.91. The average Bonchev–Trinajstić information content (AvgIpc) is 2.68. The summed E-state index contributed by atoms with van der Waals surface area (Å²) in [4.78, 5) is 17.5. The lowest BCUT2D eigenvalue weighted by Crippen LogP contribution is -2.28. The maximum Gasteiger partial charge on any atom is 0.205 e. The lowest BCUT2D eigenvalue weighted by Gasteiger charge is -2.25. The first-order valence-electron chi connectivity index (χ1n) is 10.2. The molecule has 1 fully saturated rings. The van der Waals surface area contributed by atoms with Gasteiger partial charge in [0.25, 0.3) is 0 Å². The second-order valence-corrected chi connectivity index (χ2v) is 8.81. The highest BCUT2D eigenvalue weighted by atomic mass is 16.5. The van der Waals surface area contributed by atoms with Crippen molar-refractivity contribution in [3.63, 3.8) is 0 Å². The molecule has 5 heteroatoms. The van der Waals surface area contributed by atoms with Crippen molar-refractivity contribution in [1.29, 1.82) is 0 Å². The van der Waals surface area contributed by atoms with E-state index in [0.717, 1.165) is 0 Å². The van der Waals surface area contributed by atoms with E-state index in [1.54, 1.807) is 6.07 Å². The third-order valence-electron chi connectivity index (χ3n) is 5.56. The Morgan fingerprint density at radius 2 is 2.04 bits per heavy atom. The minimum atomic E-state index is -0.291. The van der Waals surface area contributed by atoms with Crippen LogP contribution in [0.5, 0.6) is 5.75 Å². The summed E-state index contributed by atoms with van der Waals surface area (Å²) >= 11 is 0. The minimum absolute atomic E-state index is 0.0747. The Balaban J connectivity index is 1.88. The molecule has 1 heterocycles. The van der Waals surface area contributed by atoms with Gasteiger partial charge in [-0.2, -0.15) is 0 Å². The van der Waals surface area contributed by atoms with Gasteiger partial charge in [0.1, 0.15) is 23.0 Å². The average molecular weight is 386 g/mol. The molecule has 1 atom stereocenters. The van der Waals surface area contributed by atoms with Gasteiger partial charge < -0.3 is 14.3 Å². The van der Waals surface area contributed by atoms with E-state index in [1.165, 1.54) is 44.6 Å². The third-order valence-corrected chi connectivity index (χ3v) is 5.56. The summed E-state index contributed by atoms with van der Waals surface area (Å²) in [5.41, 5.74) is 0.521. The zero-order valence-electron chi connectivity index (χ0n) is 17.1. The van der Waals surface area contributed by atoms with Gasteiger partial charge in [-0.1, -0.05) is 46.1 Å². The Kier molecular flexibility index (Phi) is 6.55. The van der Waals surface area contributed by atoms with Gasteiger partial charge in [0.05, 0.1) is 24.8 Å². The van der Waals surface area contributed by atoms with Crippen LogP contribution in [0.2, 0.25) is 0 Å². The van der Waals surface area contributed by atoms with Crippen molar-refractivity contribution < 1.29 is 14.3 Å². The number of rotatable bonds is 6. The maximum atomic E-state index is 13.1. The van der Waals surface area contributed by atoms with Crippen molar-refractivity contribution in [2.24, 2.45) is 16.3 Å². The van der Waals surface area contributed by atoms with Crippen LogP contribution >= 0.6 is 0 Å². The van der Waals surface area contributed by atoms with Crippen molar-refractivity contribution in [3.05, 3.63) is 40.2 Å². The monoisotopic (exact) mass is 385 g/mol. The Hall–Kier alpha value is -2.14. The van der Waals surface area contributed by atoms with Crippen molar-refractivity contribution in [1.82, 2.24) is 0 Å². The molecule has 0 bridgehead atoms. The SMILES string of the molecule is CC(C)(C)C(CO)N=Cc1coc2cccc(OCC3CCCCC3)c2c1=O. The number of fused-ring (bicyclic) bond motifs is 1. The summed E-state index contributed by atoms with van der Waals surface area (Å²) in [5, 5.41) is 10.0. The predicted octanol–water partition coefficient (Wildman–Crippen LogP) is 4.58. The van der Waals surface area contributed by atoms with Gasteiger partial charge in [0, 0.05) is 6.21 Å². The molecular formula is C23H31NO4. The van der Waals surface area contributed by atoms with E-state index in [1.807, 2.05) is 32.9 Å². The van der Waals surface area contributed by atoms with Gasteiger partial charge in [-0.25, -0.2) is 0 Å². The molecule has 1 unspecified atom stereocenters. The lowest BCUT2D eigenvalue weighted by atomic mass is 9.88. The molecule has 0 saturated heterocycles. The molecule has 28 heavy (non-hydrogen) atoms. The van der Waals surface area contributed by atoms with E-state index < -0.39 is 0 Å². The van der Waals surface area contributed by atoms with Gasteiger partial charge in [-0.05, 0) is 36.3 Å². The summed E-state index contributed by atoms with van der Waals surface area (Å²) in [6, 6.07) is 5.16. The zero-order valence-corrected chi connectivity index (χ0v) is 17.1. The normalized spacial score (nSPS) is 17.3. The van der Waals surface area contributed by atoms with Crippen molar-refractivity contribution >= 4 is 17.2 Å². The Bertz CT molecular complexity index is 872. The molecule has 0 aliphatic heterocycles. The van der Waals surface area contributed by atoms with E-state index in [0.29, 0.717) is 34.8 Å². The quantitative estimate of drug-likeness (QED) is 0.739. The van der Waals surface area contributed by atoms with Crippen LogP contribution in [0, 0.1) is 11.3 Å². The number of aliphatic hydroxyl groups is 1. The Labute approximate surface area is 166 Å². The van der Waals surface area contributed by atoms with E-state index in [9.17, 15) is 9.90 Å². The lowest BCUT2D eigenvalue weighted by molar-refractivity contribution is 0.191. The van der Waals surface area contributed by atoms with Gasteiger partial charge >= 0.3 is 0 Å². The maximum absolute atomic E-state index is 13.1. The van der Waals surface area contributed by atoms with Gasteiger partial charge in [0.2, 0.25) is 5.43 Å². The van der Waals surface area contributed by atoms with Crippen LogP contribution < -0.4 is 10.2 Å². The molecule has 1 aromatic heterocycles. The number of aliphatic imine (C=N–C) groups is 1. The molecule has 1 aliphatic carbocycles. The zero-order chi connectivity index (χ0) is 20.1. The number of ether oxygens (including phenoxy) is 1. The fraction of sp³-hybridized carbons (Fsp3) is 0.565. The van der Waals surface area contributed by atoms with E-state index in [2.05, 4.69) is 4.99 Å². The van der Waals surface area contributed by atoms with Gasteiger partial charge in [-0.15, -0.1) is 0 Å². The first kappa shape index (κ1) is 20.6. The van der Waals surface area contributed by atoms with E-state index in [-0.39, 0.29) is 23.5 Å². The van der Waals surface area contributed by atoms with Crippen molar-refractivity contribution in [2.75, 3.05) is 13.2 Å². The number of hydrogen-bond donors (Lipinski definition) is 1. The Morgan fingerprint density at radius 1 is 1.29 bits per heavy atom. The third kappa shape index (κ3) is 4.82. The first-order valence-corrected chi connectivity index (χ1v) is 10.2. The van der Waals surface area contributed by atoms with Crippen LogP contribution in [0.15, 0.2) is 38.7 Å². The number of nitrogens with zero attached hydrogens (tertiary/aromatic N) is 1. The topological polar surface area (TPSA) is 72.0 Å². The van der Waals surface area contributed by atoms with Gasteiger partial charge in [-0.3, -0.25) is 9.79 Å². The van der Waals surface area contributed by atoms with E-state index in [4.69, 9.17) is 9.15 Å². The molecule has 1 N–H and O–H groups in total. The Morgan fingerprint density at radius 3 is 2.71 bits per heavy atom. The van der Waals surface area contributed by atoms with Crippen LogP contribution in [0.25, 0.3) is 11.0 Å². The molecule has 2 aromatic rings. The van der Waals surface area contributed by atoms with E-state index >= 15 is 0 Å². The highest BCUT2D eigenvalue weighted by Gasteiger charge is 2.23. The standard InChI is InChI=1S/C23H31NO4/c1-23(2,3)20(13-25)24-12-17-15-28-19-11-7-10-18(21(19)22(17)26)27-14-16-8-5-4-6-9-16/h7,10-12,15-16,20,25H,4-6,8-9,13-14H2,1-3H3. The fourth-order valence-electron chi connectivity index (χ4n) is 3.64. The molecular weight excluding hydrogens is 354 g/mol. The number of aliphatic hydroxyl groups excluding tert-OH is 1. The van der Waals surface area contributed by atoms with Crippen molar-refractivity contribution in [2.45, 2.75) is 58.9 Å². The van der Waals surface area contributed by atoms with Crippen LogP contribution in [-0.2, 0) is 0 Å². The smallest absolute Gasteiger partial charge is 0.205 e. The molecule has 3 rings (SSSR count). The first-order chi connectivity index (χ1) is 13.4. The van der Waals surface area contributed by atoms with Crippen LogP contribution in [0.4, 0.5) is 0 Å². The van der Waals surface area contributed by atoms with Crippen LogP contribution in [-0.4, -0.2) is 30.6 Å².